The molecular weight excluding hydrogens is 256 g/mol. The highest BCUT2D eigenvalue weighted by molar-refractivity contribution is 6.06. The molecule has 0 aliphatic heterocycles. The number of aliphatic carboxylic acids is 1. The minimum Gasteiger partial charge on any atom is -0.496 e. The summed E-state index contributed by atoms with van der Waals surface area (Å²) >= 11 is 0. The highest BCUT2D eigenvalue weighted by atomic mass is 16.5. The van der Waals surface area contributed by atoms with Crippen LogP contribution in [0.5, 0.6) is 5.75 Å². The quantitative estimate of drug-likeness (QED) is 0.911. The fraction of sp³-hybridized carbons (Fsp3) is 0.250. The van der Waals surface area contributed by atoms with Gasteiger partial charge in [-0.1, -0.05) is 24.3 Å². The molecule has 2 aromatic carbocycles. The van der Waals surface area contributed by atoms with Crippen molar-refractivity contribution in [1.29, 1.82) is 0 Å². The molecule has 1 aliphatic rings. The van der Waals surface area contributed by atoms with Crippen LogP contribution in [-0.2, 0) is 11.2 Å². The van der Waals surface area contributed by atoms with Crippen molar-refractivity contribution in [3.8, 4) is 5.75 Å². The lowest BCUT2D eigenvalue weighted by Crippen LogP contribution is -2.26. The van der Waals surface area contributed by atoms with E-state index < -0.39 is 11.9 Å². The van der Waals surface area contributed by atoms with E-state index in [1.165, 1.54) is 0 Å². The van der Waals surface area contributed by atoms with Crippen LogP contribution in [0.2, 0.25) is 0 Å². The van der Waals surface area contributed by atoms with Crippen molar-refractivity contribution in [2.75, 3.05) is 7.11 Å². The second-order valence-corrected chi connectivity index (χ2v) is 5.02. The maximum absolute atomic E-state index is 12.2. The third-order valence-electron chi connectivity index (χ3n) is 3.84. The molecule has 1 atom stereocenters. The zero-order valence-electron chi connectivity index (χ0n) is 11.1. The van der Waals surface area contributed by atoms with E-state index in [4.69, 9.17) is 9.84 Å². The zero-order chi connectivity index (χ0) is 14.3. The number of carboxylic acid groups (broad SMARTS) is 1. The summed E-state index contributed by atoms with van der Waals surface area (Å²) in [5, 5.41) is 11.0. The Morgan fingerprint density at radius 2 is 2.05 bits per heavy atom. The minimum atomic E-state index is -0.931. The van der Waals surface area contributed by atoms with Gasteiger partial charge in [-0.3, -0.25) is 9.59 Å². The molecule has 102 valence electrons. The fourth-order valence-electron chi connectivity index (χ4n) is 2.87. The molecule has 4 heteroatoms. The highest BCUT2D eigenvalue weighted by Gasteiger charge is 2.32. The summed E-state index contributed by atoms with van der Waals surface area (Å²) in [5.41, 5.74) is 1.31. The number of hydrogen-bond acceptors (Lipinski definition) is 3. The van der Waals surface area contributed by atoms with Gasteiger partial charge in [-0.2, -0.15) is 0 Å². The molecule has 20 heavy (non-hydrogen) atoms. The molecule has 1 aliphatic carbocycles. The van der Waals surface area contributed by atoms with Gasteiger partial charge in [0.25, 0.3) is 0 Å². The molecule has 0 spiro atoms. The van der Waals surface area contributed by atoms with Crippen molar-refractivity contribution in [1.82, 2.24) is 0 Å². The smallest absolute Gasteiger partial charge is 0.307 e. The normalized spacial score (nSPS) is 17.9. The van der Waals surface area contributed by atoms with E-state index in [1.54, 1.807) is 7.11 Å². The van der Waals surface area contributed by atoms with Gasteiger partial charge in [-0.05, 0) is 17.9 Å². The summed E-state index contributed by atoms with van der Waals surface area (Å²) in [4.78, 5) is 23.4. The molecule has 0 saturated carbocycles. The first kappa shape index (κ1) is 12.7. The van der Waals surface area contributed by atoms with Crippen molar-refractivity contribution in [3.05, 3.63) is 41.5 Å². The number of Topliss-reactive ketones (excluding diaryl/α,β-unsaturated/α-hetero) is 1. The number of carbonyl (C=O) groups excluding carboxylic acids is 1. The van der Waals surface area contributed by atoms with E-state index in [-0.39, 0.29) is 12.2 Å². The first-order valence-electron chi connectivity index (χ1n) is 6.46. The molecule has 4 nitrogen and oxygen atoms in total. The maximum Gasteiger partial charge on any atom is 0.307 e. The Morgan fingerprint density at radius 3 is 2.75 bits per heavy atom. The number of hydrogen-bond donors (Lipinski definition) is 1. The van der Waals surface area contributed by atoms with Gasteiger partial charge in [0.05, 0.1) is 13.0 Å². The molecule has 0 aromatic heterocycles. The number of ether oxygens (including phenoxy) is 1. The average molecular weight is 270 g/mol. The number of benzene rings is 2. The Bertz CT molecular complexity index is 718. The molecule has 0 fully saturated rings. The molecular formula is C16H14O4. The first-order chi connectivity index (χ1) is 9.61. The van der Waals surface area contributed by atoms with Crippen LogP contribution in [0.25, 0.3) is 10.8 Å². The minimum absolute atomic E-state index is 0.0594. The standard InChI is InChI=1S/C16H14O4/c1-20-15-11-5-3-2-4-9(11)6-12-13(15)7-10(16(18)19)8-14(12)17/h2-6,10H,7-8H2,1H3,(H,18,19)/t10-/m0/s1. The third-order valence-corrected chi connectivity index (χ3v) is 3.84. The lowest BCUT2D eigenvalue weighted by Gasteiger charge is -2.23. The summed E-state index contributed by atoms with van der Waals surface area (Å²) in [6, 6.07) is 9.49. The lowest BCUT2D eigenvalue weighted by molar-refractivity contribution is -0.141. The van der Waals surface area contributed by atoms with Crippen LogP contribution in [0.3, 0.4) is 0 Å². The van der Waals surface area contributed by atoms with E-state index in [9.17, 15) is 9.59 Å². The molecule has 0 radical (unpaired) electrons. The fourth-order valence-corrected chi connectivity index (χ4v) is 2.87. The first-order valence-corrected chi connectivity index (χ1v) is 6.46. The van der Waals surface area contributed by atoms with Crippen LogP contribution in [0.1, 0.15) is 22.3 Å². The highest BCUT2D eigenvalue weighted by Crippen LogP contribution is 2.38. The largest absolute Gasteiger partial charge is 0.496 e. The molecule has 0 heterocycles. The number of carboxylic acids is 1. The van der Waals surface area contributed by atoms with Crippen LogP contribution in [0, 0.1) is 5.92 Å². The van der Waals surface area contributed by atoms with E-state index in [0.29, 0.717) is 17.7 Å². The number of carbonyl (C=O) groups is 2. The van der Waals surface area contributed by atoms with Gasteiger partial charge in [0, 0.05) is 22.9 Å². The number of rotatable bonds is 2. The van der Waals surface area contributed by atoms with Crippen LogP contribution in [-0.4, -0.2) is 24.0 Å². The van der Waals surface area contributed by atoms with E-state index >= 15 is 0 Å². The lowest BCUT2D eigenvalue weighted by atomic mass is 9.81. The second kappa shape index (κ2) is 4.63. The summed E-state index contributed by atoms with van der Waals surface area (Å²) in [7, 11) is 1.55. The molecule has 0 amide bonds. The van der Waals surface area contributed by atoms with Crippen molar-refractivity contribution < 1.29 is 19.4 Å². The van der Waals surface area contributed by atoms with Crippen LogP contribution in [0.15, 0.2) is 30.3 Å². The van der Waals surface area contributed by atoms with Crippen molar-refractivity contribution in [2.45, 2.75) is 12.8 Å². The van der Waals surface area contributed by atoms with Crippen molar-refractivity contribution >= 4 is 22.5 Å². The number of ketones is 1. The predicted octanol–water partition coefficient (Wildman–Crippen LogP) is 2.68. The summed E-state index contributed by atoms with van der Waals surface area (Å²) in [6.45, 7) is 0. The van der Waals surface area contributed by atoms with Crippen LogP contribution in [0.4, 0.5) is 0 Å². The van der Waals surface area contributed by atoms with Crippen molar-refractivity contribution in [3.63, 3.8) is 0 Å². The monoisotopic (exact) mass is 270 g/mol. The van der Waals surface area contributed by atoms with E-state index in [1.807, 2.05) is 30.3 Å². The van der Waals surface area contributed by atoms with Gasteiger partial charge in [-0.15, -0.1) is 0 Å². The average Bonchev–Trinajstić information content (AvgIpc) is 2.45. The summed E-state index contributed by atoms with van der Waals surface area (Å²) in [6.07, 6.45) is 0.397. The van der Waals surface area contributed by atoms with Crippen LogP contribution >= 0.6 is 0 Å². The zero-order valence-corrected chi connectivity index (χ0v) is 11.1. The topological polar surface area (TPSA) is 63.6 Å². The Hall–Kier alpha value is -2.36. The number of fused-ring (bicyclic) bond motifs is 2. The van der Waals surface area contributed by atoms with Gasteiger partial charge in [0.2, 0.25) is 0 Å². The summed E-state index contributed by atoms with van der Waals surface area (Å²) in [5.74, 6) is -1.09. The third kappa shape index (κ3) is 1.84. The summed E-state index contributed by atoms with van der Waals surface area (Å²) < 4.78 is 5.46. The molecule has 0 saturated heterocycles. The van der Waals surface area contributed by atoms with Gasteiger partial charge < -0.3 is 9.84 Å². The Balaban J connectivity index is 2.27. The molecule has 0 bridgehead atoms. The van der Waals surface area contributed by atoms with Crippen molar-refractivity contribution in [2.24, 2.45) is 5.92 Å². The van der Waals surface area contributed by atoms with Gasteiger partial charge >= 0.3 is 5.97 Å². The molecule has 0 unspecified atom stereocenters. The molecule has 3 rings (SSSR count). The number of methoxy groups -OCH3 is 1. The molecule has 1 N–H and O–H groups in total. The van der Waals surface area contributed by atoms with E-state index in [0.717, 1.165) is 16.3 Å². The Labute approximate surface area is 116 Å². The van der Waals surface area contributed by atoms with Gasteiger partial charge in [0.1, 0.15) is 5.75 Å². The van der Waals surface area contributed by atoms with Crippen LogP contribution < -0.4 is 4.74 Å². The Kier molecular flexibility index (Phi) is 2.93. The molecule has 2 aromatic rings. The predicted molar refractivity (Wildman–Crippen MR) is 74.3 cm³/mol. The second-order valence-electron chi connectivity index (χ2n) is 5.02. The van der Waals surface area contributed by atoms with E-state index in [2.05, 4.69) is 0 Å². The van der Waals surface area contributed by atoms with Gasteiger partial charge in [-0.25, -0.2) is 0 Å². The maximum atomic E-state index is 12.2. The van der Waals surface area contributed by atoms with Gasteiger partial charge in [0.15, 0.2) is 5.78 Å². The Morgan fingerprint density at radius 1 is 1.30 bits per heavy atom. The SMILES string of the molecule is COc1c2c(cc3ccccc13)C(=O)C[C@@H](C(=O)O)C2.